The molecule has 0 fully saturated rings. The van der Waals surface area contributed by atoms with E-state index < -0.39 is 5.91 Å². The van der Waals surface area contributed by atoms with E-state index >= 15 is 0 Å². The highest BCUT2D eigenvalue weighted by Gasteiger charge is 2.12. The number of amides is 2. The van der Waals surface area contributed by atoms with Gasteiger partial charge in [0.15, 0.2) is 6.61 Å². The van der Waals surface area contributed by atoms with E-state index in [0.29, 0.717) is 10.7 Å². The van der Waals surface area contributed by atoms with Crippen molar-refractivity contribution in [2.75, 3.05) is 11.9 Å². The van der Waals surface area contributed by atoms with E-state index in [-0.39, 0.29) is 23.8 Å². The Hall–Kier alpha value is -2.53. The predicted molar refractivity (Wildman–Crippen MR) is 85.3 cm³/mol. The molecule has 0 spiro atoms. The molecule has 2 amide bonds. The highest BCUT2D eigenvalue weighted by molar-refractivity contribution is 6.33. The summed E-state index contributed by atoms with van der Waals surface area (Å²) in [5.41, 5.74) is 6.90. The zero-order valence-corrected chi connectivity index (χ0v) is 12.7. The minimum Gasteiger partial charge on any atom is -0.483 e. The van der Waals surface area contributed by atoms with Crippen molar-refractivity contribution < 1.29 is 14.3 Å². The number of benzene rings is 2. The number of nitrogens with two attached hydrogens (primary N) is 1. The molecule has 114 valence electrons. The molecule has 0 aliphatic rings. The fourth-order valence-corrected chi connectivity index (χ4v) is 2.03. The molecule has 0 heterocycles. The fourth-order valence-electron chi connectivity index (χ4n) is 1.84. The number of para-hydroxylation sites is 1. The lowest BCUT2D eigenvalue weighted by atomic mass is 10.1. The highest BCUT2D eigenvalue weighted by Crippen LogP contribution is 2.21. The van der Waals surface area contributed by atoms with Gasteiger partial charge >= 0.3 is 0 Å². The van der Waals surface area contributed by atoms with Crippen LogP contribution in [0.4, 0.5) is 5.69 Å². The number of carbonyl (C=O) groups is 2. The molecular formula is C16H15ClN2O3. The molecule has 0 bridgehead atoms. The Labute approximate surface area is 133 Å². The molecule has 0 unspecified atom stereocenters. The summed E-state index contributed by atoms with van der Waals surface area (Å²) in [7, 11) is 0. The van der Waals surface area contributed by atoms with Crippen molar-refractivity contribution in [3.63, 3.8) is 0 Å². The molecule has 5 nitrogen and oxygen atoms in total. The number of primary amides is 1. The van der Waals surface area contributed by atoms with E-state index in [1.807, 2.05) is 6.92 Å². The quantitative estimate of drug-likeness (QED) is 0.889. The van der Waals surface area contributed by atoms with Crippen LogP contribution in [0, 0.1) is 6.92 Å². The third-order valence-corrected chi connectivity index (χ3v) is 3.24. The number of ether oxygens (including phenoxy) is 1. The standard InChI is InChI=1S/C16H15ClN2O3/c1-10-6-7-11(16(18)21)14(8-10)22-9-15(20)19-13-5-3-2-4-12(13)17/h2-8H,9H2,1H3,(H2,18,21)(H,19,20). The molecule has 0 saturated carbocycles. The number of anilines is 1. The number of hydrogen-bond acceptors (Lipinski definition) is 3. The van der Waals surface area contributed by atoms with Crippen LogP contribution in [0.25, 0.3) is 0 Å². The first-order valence-electron chi connectivity index (χ1n) is 6.55. The minimum absolute atomic E-state index is 0.233. The largest absolute Gasteiger partial charge is 0.483 e. The number of halogens is 1. The molecule has 3 N–H and O–H groups in total. The van der Waals surface area contributed by atoms with E-state index in [1.54, 1.807) is 42.5 Å². The van der Waals surface area contributed by atoms with Crippen LogP contribution in [0.1, 0.15) is 15.9 Å². The molecule has 2 aromatic rings. The van der Waals surface area contributed by atoms with Gasteiger partial charge in [-0.05, 0) is 36.8 Å². The summed E-state index contributed by atoms with van der Waals surface area (Å²) < 4.78 is 5.40. The fraction of sp³-hybridized carbons (Fsp3) is 0.125. The van der Waals surface area contributed by atoms with Crippen molar-refractivity contribution in [3.05, 3.63) is 58.6 Å². The van der Waals surface area contributed by atoms with Crippen LogP contribution >= 0.6 is 11.6 Å². The van der Waals surface area contributed by atoms with Gasteiger partial charge < -0.3 is 15.8 Å². The average Bonchev–Trinajstić information content (AvgIpc) is 2.47. The van der Waals surface area contributed by atoms with Crippen LogP contribution in [-0.2, 0) is 4.79 Å². The smallest absolute Gasteiger partial charge is 0.262 e. The maximum atomic E-state index is 11.9. The molecule has 0 aromatic heterocycles. The normalized spacial score (nSPS) is 10.1. The third kappa shape index (κ3) is 3.99. The van der Waals surface area contributed by atoms with Crippen molar-refractivity contribution in [2.24, 2.45) is 5.73 Å². The molecule has 6 heteroatoms. The Morgan fingerprint density at radius 3 is 2.64 bits per heavy atom. The average molecular weight is 319 g/mol. The van der Waals surface area contributed by atoms with Crippen LogP contribution < -0.4 is 15.8 Å². The van der Waals surface area contributed by atoms with Gasteiger partial charge in [-0.25, -0.2) is 0 Å². The van der Waals surface area contributed by atoms with Crippen molar-refractivity contribution in [1.29, 1.82) is 0 Å². The van der Waals surface area contributed by atoms with E-state index in [0.717, 1.165) is 5.56 Å². The summed E-state index contributed by atoms with van der Waals surface area (Å²) in [5, 5.41) is 3.07. The molecule has 22 heavy (non-hydrogen) atoms. The van der Waals surface area contributed by atoms with Crippen molar-refractivity contribution in [1.82, 2.24) is 0 Å². The number of hydrogen-bond donors (Lipinski definition) is 2. The Kier molecular flexibility index (Phi) is 5.01. The maximum Gasteiger partial charge on any atom is 0.262 e. The van der Waals surface area contributed by atoms with Crippen molar-refractivity contribution in [2.45, 2.75) is 6.92 Å². The monoisotopic (exact) mass is 318 g/mol. The van der Waals surface area contributed by atoms with Crippen molar-refractivity contribution >= 4 is 29.1 Å². The summed E-state index contributed by atoms with van der Waals surface area (Å²) in [5.74, 6) is -0.714. The van der Waals surface area contributed by atoms with Crippen molar-refractivity contribution in [3.8, 4) is 5.75 Å². The lowest BCUT2D eigenvalue weighted by Gasteiger charge is -2.11. The zero-order valence-electron chi connectivity index (χ0n) is 11.9. The number of nitrogens with one attached hydrogen (secondary N) is 1. The second-order valence-electron chi connectivity index (χ2n) is 4.68. The summed E-state index contributed by atoms with van der Waals surface area (Å²) in [6.45, 7) is 1.59. The second-order valence-corrected chi connectivity index (χ2v) is 5.09. The summed E-state index contributed by atoms with van der Waals surface area (Å²) in [4.78, 5) is 23.2. The van der Waals surface area contributed by atoms with Crippen LogP contribution in [-0.4, -0.2) is 18.4 Å². The van der Waals surface area contributed by atoms with Crippen LogP contribution in [0.5, 0.6) is 5.75 Å². The van der Waals surface area contributed by atoms with Crippen LogP contribution in [0.2, 0.25) is 5.02 Å². The SMILES string of the molecule is Cc1ccc(C(N)=O)c(OCC(=O)Nc2ccccc2Cl)c1. The Morgan fingerprint density at radius 2 is 1.95 bits per heavy atom. The summed E-state index contributed by atoms with van der Waals surface area (Å²) in [6, 6.07) is 11.8. The first-order chi connectivity index (χ1) is 10.5. The van der Waals surface area contributed by atoms with E-state index in [1.165, 1.54) is 0 Å². The van der Waals surface area contributed by atoms with Gasteiger partial charge in [-0.3, -0.25) is 9.59 Å². The van der Waals surface area contributed by atoms with Crippen LogP contribution in [0.15, 0.2) is 42.5 Å². The van der Waals surface area contributed by atoms with E-state index in [9.17, 15) is 9.59 Å². The van der Waals surface area contributed by atoms with Crippen LogP contribution in [0.3, 0.4) is 0 Å². The number of aryl methyl sites for hydroxylation is 1. The Balaban J connectivity index is 2.04. The molecule has 0 aliphatic heterocycles. The first-order valence-corrected chi connectivity index (χ1v) is 6.93. The lowest BCUT2D eigenvalue weighted by molar-refractivity contribution is -0.118. The molecule has 0 saturated heterocycles. The van der Waals surface area contributed by atoms with E-state index in [2.05, 4.69) is 5.32 Å². The summed E-state index contributed by atoms with van der Waals surface area (Å²) in [6.07, 6.45) is 0. The van der Waals surface area contributed by atoms with Gasteiger partial charge in [0.1, 0.15) is 5.75 Å². The van der Waals surface area contributed by atoms with Gasteiger partial charge in [-0.15, -0.1) is 0 Å². The molecule has 0 aliphatic carbocycles. The Morgan fingerprint density at radius 1 is 1.23 bits per heavy atom. The lowest BCUT2D eigenvalue weighted by Crippen LogP contribution is -2.22. The third-order valence-electron chi connectivity index (χ3n) is 2.91. The van der Waals surface area contributed by atoms with E-state index in [4.69, 9.17) is 22.1 Å². The van der Waals surface area contributed by atoms with Gasteiger partial charge in [0.05, 0.1) is 16.3 Å². The summed E-state index contributed by atoms with van der Waals surface area (Å²) >= 11 is 5.96. The highest BCUT2D eigenvalue weighted by atomic mass is 35.5. The van der Waals surface area contributed by atoms with Gasteiger partial charge in [0.25, 0.3) is 11.8 Å². The topological polar surface area (TPSA) is 81.4 Å². The van der Waals surface area contributed by atoms with Gasteiger partial charge in [0, 0.05) is 0 Å². The zero-order chi connectivity index (χ0) is 16.1. The minimum atomic E-state index is -0.610. The molecule has 0 atom stereocenters. The Bertz CT molecular complexity index is 716. The molecule has 2 aromatic carbocycles. The molecule has 2 rings (SSSR count). The predicted octanol–water partition coefficient (Wildman–Crippen LogP) is 2.76. The maximum absolute atomic E-state index is 11.9. The van der Waals surface area contributed by atoms with Gasteiger partial charge in [-0.2, -0.15) is 0 Å². The molecule has 0 radical (unpaired) electrons. The number of rotatable bonds is 5. The van der Waals surface area contributed by atoms with Gasteiger partial charge in [-0.1, -0.05) is 29.8 Å². The first kappa shape index (κ1) is 15.9. The van der Waals surface area contributed by atoms with Gasteiger partial charge in [0.2, 0.25) is 0 Å². The molecular weight excluding hydrogens is 304 g/mol. The number of carbonyl (C=O) groups excluding carboxylic acids is 2. The second kappa shape index (κ2) is 6.95.